The minimum Gasteiger partial charge on any atom is -0.357 e. The Bertz CT molecular complexity index is 1720. The van der Waals surface area contributed by atoms with Crippen molar-refractivity contribution in [1.82, 2.24) is 34.3 Å². The molecule has 6 heterocycles. The van der Waals surface area contributed by atoms with Gasteiger partial charge in [0.05, 0.1) is 17.8 Å². The lowest BCUT2D eigenvalue weighted by Crippen LogP contribution is -2.27. The Balaban J connectivity index is 1.48. The number of amides is 1. The monoisotopic (exact) mass is 521 g/mol. The third-order valence-corrected chi connectivity index (χ3v) is 7.43. The zero-order valence-corrected chi connectivity index (χ0v) is 23.0. The van der Waals surface area contributed by atoms with Gasteiger partial charge in [-0.3, -0.25) is 9.69 Å². The van der Waals surface area contributed by atoms with Crippen molar-refractivity contribution in [3.8, 4) is 22.8 Å². The van der Waals surface area contributed by atoms with Gasteiger partial charge in [-0.25, -0.2) is 15.0 Å². The molecule has 0 spiro atoms. The summed E-state index contributed by atoms with van der Waals surface area (Å²) in [5.74, 6) is 1.89. The highest BCUT2D eigenvalue weighted by Gasteiger charge is 2.34. The predicted octanol–water partition coefficient (Wildman–Crippen LogP) is 4.87. The number of carbonyl (C=O) groups excluding carboxylic acids is 1. The number of nitrogens with zero attached hydrogens (tertiary/aromatic N) is 9. The van der Waals surface area contributed by atoms with Crippen molar-refractivity contribution in [2.24, 2.45) is 7.05 Å². The van der Waals surface area contributed by atoms with Gasteiger partial charge in [0.25, 0.3) is 5.91 Å². The van der Waals surface area contributed by atoms with Crippen LogP contribution in [0.15, 0.2) is 55.1 Å². The highest BCUT2D eigenvalue weighted by Crippen LogP contribution is 2.38. The molecule has 1 amide bonds. The van der Waals surface area contributed by atoms with Gasteiger partial charge in [-0.1, -0.05) is 6.07 Å². The summed E-state index contributed by atoms with van der Waals surface area (Å²) in [4.78, 5) is 32.3. The van der Waals surface area contributed by atoms with Crippen LogP contribution in [0.1, 0.15) is 49.7 Å². The van der Waals surface area contributed by atoms with Crippen LogP contribution in [0.2, 0.25) is 0 Å². The summed E-state index contributed by atoms with van der Waals surface area (Å²) in [6.45, 7) is 8.72. The van der Waals surface area contributed by atoms with E-state index < -0.39 is 0 Å². The lowest BCUT2D eigenvalue weighted by Gasteiger charge is -2.24. The first-order valence-electron chi connectivity index (χ1n) is 13.1. The molecule has 10 nitrogen and oxygen atoms in total. The van der Waals surface area contributed by atoms with Gasteiger partial charge in [-0.15, -0.1) is 10.2 Å². The SMILES string of the molecule is CC(C)N(C)c1cc2c(c(-c3ccnc4c3ccn4C)n1)CN(c1cccc(-c3nncn3C(C)C)n1)C2=O. The van der Waals surface area contributed by atoms with Gasteiger partial charge in [0, 0.05) is 55.1 Å². The summed E-state index contributed by atoms with van der Waals surface area (Å²) in [6, 6.07) is 12.0. The second-order valence-corrected chi connectivity index (χ2v) is 10.5. The van der Waals surface area contributed by atoms with Gasteiger partial charge < -0.3 is 14.0 Å². The lowest BCUT2D eigenvalue weighted by atomic mass is 10.0. The summed E-state index contributed by atoms with van der Waals surface area (Å²) >= 11 is 0. The lowest BCUT2D eigenvalue weighted by molar-refractivity contribution is 0.0996. The van der Waals surface area contributed by atoms with Crippen LogP contribution in [0.5, 0.6) is 0 Å². The van der Waals surface area contributed by atoms with Crippen molar-refractivity contribution in [3.05, 3.63) is 66.2 Å². The number of hydrogen-bond acceptors (Lipinski definition) is 7. The van der Waals surface area contributed by atoms with Crippen molar-refractivity contribution in [2.45, 2.75) is 46.3 Å². The number of carbonyl (C=O) groups is 1. The van der Waals surface area contributed by atoms with E-state index in [0.717, 1.165) is 33.7 Å². The maximum atomic E-state index is 14.0. The van der Waals surface area contributed by atoms with Gasteiger partial charge in [0.15, 0.2) is 5.82 Å². The minimum absolute atomic E-state index is 0.0969. The largest absolute Gasteiger partial charge is 0.357 e. The van der Waals surface area contributed by atoms with E-state index in [0.29, 0.717) is 29.4 Å². The maximum Gasteiger partial charge on any atom is 0.260 e. The third kappa shape index (κ3) is 4.03. The molecule has 0 saturated heterocycles. The fraction of sp³-hybridized carbons (Fsp3) is 0.310. The summed E-state index contributed by atoms with van der Waals surface area (Å²) in [5, 5.41) is 9.37. The summed E-state index contributed by atoms with van der Waals surface area (Å²) in [6.07, 6.45) is 5.50. The zero-order chi connectivity index (χ0) is 27.4. The van der Waals surface area contributed by atoms with Crippen LogP contribution < -0.4 is 9.80 Å². The molecule has 198 valence electrons. The first-order valence-corrected chi connectivity index (χ1v) is 13.1. The summed E-state index contributed by atoms with van der Waals surface area (Å²) < 4.78 is 3.96. The summed E-state index contributed by atoms with van der Waals surface area (Å²) in [5.41, 5.74) is 4.81. The molecule has 1 aliphatic rings. The van der Waals surface area contributed by atoms with Crippen LogP contribution in [0, 0.1) is 0 Å². The van der Waals surface area contributed by atoms with E-state index in [1.54, 1.807) is 17.4 Å². The molecule has 0 radical (unpaired) electrons. The highest BCUT2D eigenvalue weighted by molar-refractivity contribution is 6.12. The molecular weight excluding hydrogens is 490 g/mol. The van der Waals surface area contributed by atoms with Crippen LogP contribution in [0.4, 0.5) is 11.6 Å². The van der Waals surface area contributed by atoms with Gasteiger partial charge in [0.1, 0.15) is 29.3 Å². The number of anilines is 2. The zero-order valence-electron chi connectivity index (χ0n) is 23.0. The van der Waals surface area contributed by atoms with Gasteiger partial charge in [-0.2, -0.15) is 0 Å². The Morgan fingerprint density at radius 1 is 1.03 bits per heavy atom. The first kappa shape index (κ1) is 24.7. The molecule has 0 saturated carbocycles. The molecule has 5 aromatic rings. The van der Waals surface area contributed by atoms with Crippen molar-refractivity contribution < 1.29 is 4.79 Å². The Hall–Kier alpha value is -4.60. The van der Waals surface area contributed by atoms with Crippen LogP contribution in [-0.4, -0.2) is 53.3 Å². The second-order valence-electron chi connectivity index (χ2n) is 10.5. The summed E-state index contributed by atoms with van der Waals surface area (Å²) in [7, 11) is 3.98. The quantitative estimate of drug-likeness (QED) is 0.314. The van der Waals surface area contributed by atoms with Gasteiger partial charge in [-0.05, 0) is 58.0 Å². The molecule has 6 rings (SSSR count). The molecule has 0 atom stereocenters. The van der Waals surface area contributed by atoms with E-state index in [1.807, 2.05) is 59.8 Å². The number of rotatable bonds is 6. The molecule has 0 unspecified atom stereocenters. The van der Waals surface area contributed by atoms with Crippen LogP contribution >= 0.6 is 0 Å². The van der Waals surface area contributed by atoms with Gasteiger partial charge in [0.2, 0.25) is 0 Å². The Labute approximate surface area is 227 Å². The normalized spacial score (nSPS) is 13.2. The van der Waals surface area contributed by atoms with Crippen LogP contribution in [0.3, 0.4) is 0 Å². The van der Waals surface area contributed by atoms with Crippen LogP contribution in [0.25, 0.3) is 33.8 Å². The number of aromatic nitrogens is 7. The first-order chi connectivity index (χ1) is 18.7. The van der Waals surface area contributed by atoms with Crippen molar-refractivity contribution in [2.75, 3.05) is 16.8 Å². The van der Waals surface area contributed by atoms with E-state index in [4.69, 9.17) is 9.97 Å². The average molecular weight is 522 g/mol. The highest BCUT2D eigenvalue weighted by atomic mass is 16.2. The topological polar surface area (TPSA) is 97.9 Å². The number of fused-ring (bicyclic) bond motifs is 2. The standard InChI is InChI=1S/C29H31N9O/c1-17(2)36(6)25-14-21-22(26(33-25)19-10-12-30-27-20(19)11-13-35(27)5)15-37(29(21)39)24-9-7-8-23(32-24)28-34-31-16-38(28)18(3)4/h7-14,16-18H,15H2,1-6H3. The molecule has 1 aliphatic heterocycles. The molecule has 0 bridgehead atoms. The maximum absolute atomic E-state index is 14.0. The average Bonchev–Trinajstić information content (AvgIpc) is 3.66. The number of aryl methyl sites for hydroxylation is 1. The molecule has 0 fully saturated rings. The Kier molecular flexibility index (Phi) is 5.90. The molecule has 0 N–H and O–H groups in total. The molecule has 0 aromatic carbocycles. The minimum atomic E-state index is -0.0969. The van der Waals surface area contributed by atoms with E-state index in [9.17, 15) is 4.79 Å². The molecule has 0 aliphatic carbocycles. The Morgan fingerprint density at radius 3 is 2.62 bits per heavy atom. The van der Waals surface area contributed by atoms with E-state index >= 15 is 0 Å². The second kappa shape index (κ2) is 9.30. The predicted molar refractivity (Wildman–Crippen MR) is 152 cm³/mol. The van der Waals surface area contributed by atoms with E-state index in [2.05, 4.69) is 53.8 Å². The molecule has 5 aromatic heterocycles. The smallest absolute Gasteiger partial charge is 0.260 e. The Morgan fingerprint density at radius 2 is 1.85 bits per heavy atom. The molecule has 10 heteroatoms. The van der Waals surface area contributed by atoms with E-state index in [-0.39, 0.29) is 18.0 Å². The number of hydrogen-bond donors (Lipinski definition) is 0. The molecular formula is C29H31N9O. The van der Waals surface area contributed by atoms with Crippen molar-refractivity contribution in [1.29, 1.82) is 0 Å². The number of pyridine rings is 3. The van der Waals surface area contributed by atoms with Crippen LogP contribution in [-0.2, 0) is 13.6 Å². The van der Waals surface area contributed by atoms with Crippen molar-refractivity contribution >= 4 is 28.6 Å². The fourth-order valence-corrected chi connectivity index (χ4v) is 5.01. The van der Waals surface area contributed by atoms with Gasteiger partial charge >= 0.3 is 0 Å². The van der Waals surface area contributed by atoms with E-state index in [1.165, 1.54) is 0 Å². The fourth-order valence-electron chi connectivity index (χ4n) is 5.01. The van der Waals surface area contributed by atoms with Crippen molar-refractivity contribution in [3.63, 3.8) is 0 Å². The third-order valence-electron chi connectivity index (χ3n) is 7.43. The molecule has 39 heavy (non-hydrogen) atoms.